The fourth-order valence-electron chi connectivity index (χ4n) is 3.68. The van der Waals surface area contributed by atoms with Crippen LogP contribution in [0.4, 0.5) is 26.2 Å². The van der Waals surface area contributed by atoms with Crippen LogP contribution >= 0.6 is 0 Å². The first-order chi connectivity index (χ1) is 15.5. The van der Waals surface area contributed by atoms with Gasteiger partial charge >= 0.3 is 205 Å². The van der Waals surface area contributed by atoms with E-state index in [4.69, 9.17) is 4.74 Å². The van der Waals surface area contributed by atoms with E-state index in [0.29, 0.717) is 29.1 Å². The third kappa shape index (κ3) is 3.85. The molecule has 9 nitrogen and oxygen atoms in total. The van der Waals surface area contributed by atoms with E-state index < -0.39 is 48.8 Å². The third-order valence-corrected chi connectivity index (χ3v) is 9.98. The van der Waals surface area contributed by atoms with Crippen LogP contribution < -0.4 is 65.4 Å². The van der Waals surface area contributed by atoms with Gasteiger partial charge in [0, 0.05) is 0 Å². The Balaban J connectivity index is 1.71. The van der Waals surface area contributed by atoms with Gasteiger partial charge in [-0.25, -0.2) is 0 Å². The fourth-order valence-corrected chi connectivity index (χ4v) is 8.12. The maximum atomic E-state index is 14.3. The second kappa shape index (κ2) is 8.73. The van der Waals surface area contributed by atoms with Gasteiger partial charge < -0.3 is 0 Å². The Bertz CT molecular complexity index is 1230. The number of aromatic amines is 1. The molecular formula is C20H17FI2N6O3-2. The van der Waals surface area contributed by atoms with Crippen molar-refractivity contribution in [3.8, 4) is 17.0 Å². The molecule has 0 spiro atoms. The molecule has 1 atom stereocenters. The van der Waals surface area contributed by atoms with Gasteiger partial charge in [0.25, 0.3) is 0 Å². The maximum absolute atomic E-state index is 14.3. The van der Waals surface area contributed by atoms with Gasteiger partial charge in [0.1, 0.15) is 0 Å². The van der Waals surface area contributed by atoms with Crippen LogP contribution in [0.5, 0.6) is 5.75 Å². The first-order valence-corrected chi connectivity index (χ1v) is 13.9. The predicted molar refractivity (Wildman–Crippen MR) is 107 cm³/mol. The summed E-state index contributed by atoms with van der Waals surface area (Å²) in [7, 11) is 1.39. The Morgan fingerprint density at radius 1 is 1.25 bits per heavy atom. The van der Waals surface area contributed by atoms with Crippen molar-refractivity contribution in [2.75, 3.05) is 16.0 Å². The number of carbonyl (C=O) groups excluding carboxylic acids is 2. The van der Waals surface area contributed by atoms with Crippen LogP contribution in [0.25, 0.3) is 11.3 Å². The van der Waals surface area contributed by atoms with E-state index in [9.17, 15) is 14.0 Å². The van der Waals surface area contributed by atoms with Gasteiger partial charge in [-0.05, 0) is 0 Å². The van der Waals surface area contributed by atoms with Crippen LogP contribution in [0, 0.1) is 5.82 Å². The number of fused-ring (bicyclic) bond motifs is 4. The van der Waals surface area contributed by atoms with Crippen LogP contribution in [0.2, 0.25) is 0 Å². The number of carbonyl (C=O) groups is 2. The number of nitrogens with zero attached hydrogens (tertiary/aromatic N) is 1. The monoisotopic (exact) mass is 662 g/mol. The van der Waals surface area contributed by atoms with Gasteiger partial charge in [-0.3, -0.25) is 0 Å². The average Bonchev–Trinajstić information content (AvgIpc) is 3.12. The molecule has 0 radical (unpaired) electrons. The Hall–Kier alpha value is -2.62. The Morgan fingerprint density at radius 3 is 2.97 bits per heavy atom. The molecule has 2 aliphatic heterocycles. The number of aromatic nitrogens is 2. The zero-order valence-electron chi connectivity index (χ0n) is 16.6. The number of anilines is 3. The van der Waals surface area contributed by atoms with Crippen molar-refractivity contribution in [3.63, 3.8) is 0 Å². The summed E-state index contributed by atoms with van der Waals surface area (Å²) in [6.07, 6.45) is 3.85. The summed E-state index contributed by atoms with van der Waals surface area (Å²) in [5, 5.41) is 6.20. The van der Waals surface area contributed by atoms with E-state index >= 15 is 0 Å². The number of alkyl halides is 1. The van der Waals surface area contributed by atoms with Crippen molar-refractivity contribution in [1.29, 1.82) is 0 Å². The molecule has 2 aliphatic rings. The number of H-pyrrole nitrogens is 1. The standard InChI is InChI=1S/C20H17FI2N6O3/c1-32-18-10(21)3-2-4-11(18)25-17-15-12-7-14(27-19(15)30)22-20(31)29-23-28-13-8-24-6-5-9(13)16(17)26-12/h2-6,8,14,25-26,28H,7H2,1H3,(H,27,30)(H,29,31)/q-2. The molecule has 1 unspecified atom stereocenters. The molecule has 0 saturated carbocycles. The summed E-state index contributed by atoms with van der Waals surface area (Å²) in [6, 6.07) is 6.40. The molecule has 0 aliphatic carbocycles. The van der Waals surface area contributed by atoms with Crippen molar-refractivity contribution in [1.82, 2.24) is 18.8 Å². The van der Waals surface area contributed by atoms with Gasteiger partial charge in [0.05, 0.1) is 0 Å². The predicted octanol–water partition coefficient (Wildman–Crippen LogP) is -3.28. The van der Waals surface area contributed by atoms with Crippen LogP contribution in [-0.2, 0) is 6.42 Å². The number of benzene rings is 1. The van der Waals surface area contributed by atoms with Crippen LogP contribution in [0.1, 0.15) is 16.1 Å². The summed E-state index contributed by atoms with van der Waals surface area (Å²) in [5.74, 6) is -0.731. The van der Waals surface area contributed by atoms with Gasteiger partial charge in [-0.15, -0.1) is 0 Å². The number of ether oxygens (including phenoxy) is 1. The molecule has 3 bridgehead atoms. The minimum atomic E-state index is -0.951. The SMILES string of the molecule is COc1c(F)cccc1Nc1c2[nH]c3c1C(=O)NC(C3)[I-]C(=O)N[I-]Nc1cnccc1-2. The number of pyridine rings is 1. The molecule has 5 N–H and O–H groups in total. The van der Waals surface area contributed by atoms with Crippen molar-refractivity contribution in [3.05, 3.63) is 53.7 Å². The zero-order chi connectivity index (χ0) is 22.2. The Morgan fingerprint density at radius 2 is 2.12 bits per heavy atom. The topological polar surface area (TPSA) is 120 Å². The molecule has 1 aromatic carbocycles. The van der Waals surface area contributed by atoms with Crippen molar-refractivity contribution in [2.24, 2.45) is 0 Å². The average molecular weight is 662 g/mol. The Labute approximate surface area is 203 Å². The summed E-state index contributed by atoms with van der Waals surface area (Å²) < 4.78 is 25.6. The van der Waals surface area contributed by atoms with Crippen LogP contribution in [0.3, 0.4) is 0 Å². The van der Waals surface area contributed by atoms with E-state index in [1.165, 1.54) is 13.2 Å². The number of nitrogens with one attached hydrogen (secondary N) is 5. The summed E-state index contributed by atoms with van der Waals surface area (Å²) in [4.78, 5) is 33.1. The molecule has 2 aromatic heterocycles. The molecule has 4 heterocycles. The normalized spacial score (nSPS) is 17.8. The number of rotatable bonds is 3. The first-order valence-electron chi connectivity index (χ1n) is 9.47. The molecule has 5 rings (SSSR count). The van der Waals surface area contributed by atoms with Gasteiger partial charge in [0.15, 0.2) is 0 Å². The molecule has 12 heteroatoms. The summed E-state index contributed by atoms with van der Waals surface area (Å²) in [6.45, 7) is 0. The minimum absolute atomic E-state index is 0.0153. The quantitative estimate of drug-likeness (QED) is 0.0661. The summed E-state index contributed by atoms with van der Waals surface area (Å²) in [5.41, 5.74) is 4.28. The number of amides is 2. The first kappa shape index (κ1) is 21.2. The van der Waals surface area contributed by atoms with E-state index in [2.05, 4.69) is 27.7 Å². The molecular weight excluding hydrogens is 645 g/mol. The summed E-state index contributed by atoms with van der Waals surface area (Å²) >= 11 is -1.80. The van der Waals surface area contributed by atoms with Gasteiger partial charge in [-0.2, -0.15) is 0 Å². The number of hydrogen-bond acceptors (Lipinski definition) is 6. The van der Waals surface area contributed by atoms with E-state index in [1.807, 2.05) is 6.07 Å². The molecule has 0 fully saturated rings. The molecule has 3 aromatic rings. The van der Waals surface area contributed by atoms with Crippen molar-refractivity contribution in [2.45, 2.75) is 10.5 Å². The number of para-hydroxylation sites is 1. The second-order valence-electron chi connectivity index (χ2n) is 6.91. The van der Waals surface area contributed by atoms with Crippen molar-refractivity contribution >= 4 is 26.9 Å². The van der Waals surface area contributed by atoms with Gasteiger partial charge in [-0.1, -0.05) is 0 Å². The van der Waals surface area contributed by atoms with E-state index in [-0.39, 0.29) is 19.6 Å². The number of halogens is 3. The van der Waals surface area contributed by atoms with Crippen LogP contribution in [0.15, 0.2) is 36.7 Å². The van der Waals surface area contributed by atoms with Crippen molar-refractivity contribution < 1.29 is 61.7 Å². The van der Waals surface area contributed by atoms with Gasteiger partial charge in [0.2, 0.25) is 0 Å². The molecule has 32 heavy (non-hydrogen) atoms. The Kier molecular flexibility index (Phi) is 5.79. The van der Waals surface area contributed by atoms with Crippen LogP contribution in [-0.4, -0.2) is 30.9 Å². The van der Waals surface area contributed by atoms with E-state index in [0.717, 1.165) is 16.9 Å². The number of methoxy groups -OCH3 is 1. The molecule has 0 saturated heterocycles. The number of hydrogen-bond donors (Lipinski definition) is 5. The second-order valence-corrected chi connectivity index (χ2v) is 11.6. The zero-order valence-corrected chi connectivity index (χ0v) is 20.9. The molecule has 2 amide bonds. The fraction of sp³-hybridized carbons (Fsp3) is 0.150. The third-order valence-electron chi connectivity index (χ3n) is 5.00. The molecule has 168 valence electrons. The van der Waals surface area contributed by atoms with E-state index in [1.54, 1.807) is 24.5 Å².